The minimum absolute atomic E-state index is 0.0361. The summed E-state index contributed by atoms with van der Waals surface area (Å²) in [5.41, 5.74) is -0.0729. The molecule has 2 aliphatic rings. The zero-order valence-electron chi connectivity index (χ0n) is 17.3. The molecule has 1 aliphatic carbocycles. The van der Waals surface area contributed by atoms with Gasteiger partial charge in [-0.3, -0.25) is 4.79 Å². The van der Waals surface area contributed by atoms with E-state index in [1.165, 1.54) is 30.3 Å². The number of halogens is 3. The van der Waals surface area contributed by atoms with E-state index in [-0.39, 0.29) is 22.2 Å². The average molecular weight is 468 g/mol. The van der Waals surface area contributed by atoms with Crippen LogP contribution >= 0.6 is 0 Å². The second kappa shape index (κ2) is 8.74. The Bertz CT molecular complexity index is 1090. The number of carbonyl (C=O) groups excluding carboxylic acids is 1. The second-order valence-corrected chi connectivity index (χ2v) is 9.87. The lowest BCUT2D eigenvalue weighted by molar-refractivity contribution is -0.137. The fourth-order valence-electron chi connectivity index (χ4n) is 3.69. The molecule has 6 nitrogen and oxygen atoms in total. The van der Waals surface area contributed by atoms with Gasteiger partial charge in [0.1, 0.15) is 0 Å². The minimum Gasteiger partial charge on any atom is -0.370 e. The molecular formula is C22H24F3N3O3S. The van der Waals surface area contributed by atoms with Crippen molar-refractivity contribution < 1.29 is 26.4 Å². The highest BCUT2D eigenvalue weighted by molar-refractivity contribution is 7.89. The normalized spacial score (nSPS) is 17.3. The van der Waals surface area contributed by atoms with Crippen LogP contribution in [0.4, 0.5) is 24.5 Å². The van der Waals surface area contributed by atoms with E-state index >= 15 is 0 Å². The summed E-state index contributed by atoms with van der Waals surface area (Å²) >= 11 is 0. The molecule has 0 atom stereocenters. The SMILES string of the molecule is O=C(Nc1cc(C(F)(F)F)ccc1N1CCCCC1)c1ccc(S(=O)(=O)NC2CC2)cc1. The molecule has 1 amide bonds. The molecule has 2 aromatic carbocycles. The summed E-state index contributed by atoms with van der Waals surface area (Å²) in [6.07, 6.45) is -0.0151. The number of hydrogen-bond acceptors (Lipinski definition) is 4. The molecule has 2 N–H and O–H groups in total. The largest absolute Gasteiger partial charge is 0.416 e. The zero-order valence-corrected chi connectivity index (χ0v) is 18.1. The number of hydrogen-bond donors (Lipinski definition) is 2. The Morgan fingerprint density at radius 1 is 0.969 bits per heavy atom. The van der Waals surface area contributed by atoms with Gasteiger partial charge in [-0.05, 0) is 74.6 Å². The third kappa shape index (κ3) is 5.24. The lowest BCUT2D eigenvalue weighted by Crippen LogP contribution is -2.30. The van der Waals surface area contributed by atoms with Crippen LogP contribution in [0.15, 0.2) is 47.4 Å². The first kappa shape index (κ1) is 22.6. The molecule has 0 aromatic heterocycles. The minimum atomic E-state index is -4.54. The van der Waals surface area contributed by atoms with Gasteiger partial charge in [0, 0.05) is 24.7 Å². The molecule has 2 aromatic rings. The van der Waals surface area contributed by atoms with Crippen molar-refractivity contribution >= 4 is 27.3 Å². The first-order valence-electron chi connectivity index (χ1n) is 10.5. The molecule has 0 radical (unpaired) electrons. The molecule has 2 fully saturated rings. The predicted octanol–water partition coefficient (Wildman–Crippen LogP) is 4.39. The van der Waals surface area contributed by atoms with E-state index in [1.54, 1.807) is 0 Å². The fourth-order valence-corrected chi connectivity index (χ4v) is 5.00. The molecule has 1 heterocycles. The first-order valence-corrected chi connectivity index (χ1v) is 12.0. The van der Waals surface area contributed by atoms with Gasteiger partial charge in [-0.25, -0.2) is 13.1 Å². The third-order valence-electron chi connectivity index (χ3n) is 5.59. The highest BCUT2D eigenvalue weighted by Crippen LogP contribution is 2.36. The highest BCUT2D eigenvalue weighted by atomic mass is 32.2. The molecule has 4 rings (SSSR count). The molecule has 1 aliphatic heterocycles. The molecule has 32 heavy (non-hydrogen) atoms. The van der Waals surface area contributed by atoms with Crippen LogP contribution in [0.5, 0.6) is 0 Å². The lowest BCUT2D eigenvalue weighted by Gasteiger charge is -2.31. The van der Waals surface area contributed by atoms with Crippen LogP contribution in [0.2, 0.25) is 0 Å². The van der Waals surface area contributed by atoms with Gasteiger partial charge in [0.2, 0.25) is 10.0 Å². The van der Waals surface area contributed by atoms with Gasteiger partial charge in [-0.15, -0.1) is 0 Å². The van der Waals surface area contributed by atoms with Crippen LogP contribution in [0.1, 0.15) is 48.0 Å². The smallest absolute Gasteiger partial charge is 0.370 e. The van der Waals surface area contributed by atoms with Crippen molar-refractivity contribution in [3.05, 3.63) is 53.6 Å². The fraction of sp³-hybridized carbons (Fsp3) is 0.409. The molecule has 172 valence electrons. The van der Waals surface area contributed by atoms with Gasteiger partial charge < -0.3 is 10.2 Å². The standard InChI is InChI=1S/C22H24F3N3O3S/c23-22(24,25)16-6-11-20(28-12-2-1-3-13-28)19(14-16)26-21(29)15-4-9-18(10-5-15)32(30,31)27-17-7-8-17/h4-6,9-11,14,17,27H,1-3,7-8,12-13H2,(H,26,29). The Kier molecular flexibility index (Phi) is 6.17. The van der Waals surface area contributed by atoms with Crippen molar-refractivity contribution in [3.8, 4) is 0 Å². The van der Waals surface area contributed by atoms with Gasteiger partial charge in [-0.1, -0.05) is 0 Å². The van der Waals surface area contributed by atoms with E-state index in [1.807, 2.05) is 4.90 Å². The molecule has 0 bridgehead atoms. The predicted molar refractivity (Wildman–Crippen MR) is 115 cm³/mol. The van der Waals surface area contributed by atoms with Gasteiger partial charge in [0.05, 0.1) is 21.8 Å². The van der Waals surface area contributed by atoms with E-state index in [4.69, 9.17) is 0 Å². The third-order valence-corrected chi connectivity index (χ3v) is 7.13. The number of anilines is 2. The quantitative estimate of drug-likeness (QED) is 0.661. The van der Waals surface area contributed by atoms with E-state index in [9.17, 15) is 26.4 Å². The highest BCUT2D eigenvalue weighted by Gasteiger charge is 2.32. The second-order valence-electron chi connectivity index (χ2n) is 8.15. The number of nitrogens with one attached hydrogen (secondary N) is 2. The summed E-state index contributed by atoms with van der Waals surface area (Å²) < 4.78 is 66.9. The summed E-state index contributed by atoms with van der Waals surface area (Å²) in [4.78, 5) is 14.8. The monoisotopic (exact) mass is 467 g/mol. The molecule has 0 unspecified atom stereocenters. The van der Waals surface area contributed by atoms with Gasteiger partial charge in [-0.2, -0.15) is 13.2 Å². The number of carbonyl (C=O) groups is 1. The van der Waals surface area contributed by atoms with E-state index in [0.29, 0.717) is 18.8 Å². The molecule has 1 saturated heterocycles. The number of alkyl halides is 3. The Labute approximate surface area is 184 Å². The van der Waals surface area contributed by atoms with Gasteiger partial charge in [0.15, 0.2) is 0 Å². The van der Waals surface area contributed by atoms with E-state index in [0.717, 1.165) is 44.2 Å². The number of rotatable bonds is 6. The molecular weight excluding hydrogens is 443 g/mol. The number of benzene rings is 2. The van der Waals surface area contributed by atoms with Crippen molar-refractivity contribution in [3.63, 3.8) is 0 Å². The lowest BCUT2D eigenvalue weighted by atomic mass is 10.1. The molecule has 0 spiro atoms. The van der Waals surface area contributed by atoms with Crippen LogP contribution < -0.4 is 14.9 Å². The summed E-state index contributed by atoms with van der Waals surface area (Å²) in [6.45, 7) is 1.41. The van der Waals surface area contributed by atoms with Crippen molar-refractivity contribution in [2.24, 2.45) is 0 Å². The topological polar surface area (TPSA) is 78.5 Å². The maximum Gasteiger partial charge on any atom is 0.416 e. The Hall–Kier alpha value is -2.59. The van der Waals surface area contributed by atoms with Crippen LogP contribution in [-0.2, 0) is 16.2 Å². The van der Waals surface area contributed by atoms with E-state index in [2.05, 4.69) is 10.0 Å². The number of nitrogens with zero attached hydrogens (tertiary/aromatic N) is 1. The number of amides is 1. The van der Waals surface area contributed by atoms with Crippen LogP contribution in [0.25, 0.3) is 0 Å². The van der Waals surface area contributed by atoms with Gasteiger partial charge in [0.25, 0.3) is 5.91 Å². The van der Waals surface area contributed by atoms with Crippen LogP contribution in [-0.4, -0.2) is 33.5 Å². The van der Waals surface area contributed by atoms with Crippen LogP contribution in [0, 0.1) is 0 Å². The van der Waals surface area contributed by atoms with Crippen molar-refractivity contribution in [2.45, 2.75) is 49.2 Å². The van der Waals surface area contributed by atoms with Crippen molar-refractivity contribution in [1.29, 1.82) is 0 Å². The van der Waals surface area contributed by atoms with Crippen molar-refractivity contribution in [2.75, 3.05) is 23.3 Å². The molecule has 10 heteroatoms. The zero-order chi connectivity index (χ0) is 22.9. The Morgan fingerprint density at radius 3 is 2.22 bits per heavy atom. The summed E-state index contributed by atoms with van der Waals surface area (Å²) in [5.74, 6) is -0.610. The van der Waals surface area contributed by atoms with Gasteiger partial charge >= 0.3 is 6.18 Å². The molecule has 1 saturated carbocycles. The van der Waals surface area contributed by atoms with Crippen LogP contribution in [0.3, 0.4) is 0 Å². The Balaban J connectivity index is 1.57. The first-order chi connectivity index (χ1) is 15.1. The summed E-state index contributed by atoms with van der Waals surface area (Å²) in [7, 11) is -3.65. The maximum absolute atomic E-state index is 13.3. The Morgan fingerprint density at radius 2 is 1.62 bits per heavy atom. The van der Waals surface area contributed by atoms with E-state index < -0.39 is 27.7 Å². The number of sulfonamides is 1. The summed E-state index contributed by atoms with van der Waals surface area (Å²) in [6, 6.07) is 8.65. The average Bonchev–Trinajstić information content (AvgIpc) is 3.57. The number of piperidine rings is 1. The maximum atomic E-state index is 13.3. The van der Waals surface area contributed by atoms with Crippen molar-refractivity contribution in [1.82, 2.24) is 4.72 Å². The summed E-state index contributed by atoms with van der Waals surface area (Å²) in [5, 5.41) is 2.59.